The van der Waals surface area contributed by atoms with Crippen LogP contribution >= 0.6 is 0 Å². The number of rotatable bonds is 5. The monoisotopic (exact) mass is 489 g/mol. The van der Waals surface area contributed by atoms with Crippen molar-refractivity contribution in [3.63, 3.8) is 0 Å². The van der Waals surface area contributed by atoms with Crippen LogP contribution in [-0.4, -0.2) is 62.9 Å². The highest BCUT2D eigenvalue weighted by atomic mass is 19.4. The Bertz CT molecular complexity index is 1160. The number of methoxy groups -OCH3 is 2. The normalized spacial score (nSPS) is 21.9. The molecule has 10 heteroatoms. The summed E-state index contributed by atoms with van der Waals surface area (Å²) in [6.07, 6.45) is -4.13. The molecule has 35 heavy (non-hydrogen) atoms. The Morgan fingerprint density at radius 3 is 2.60 bits per heavy atom. The van der Waals surface area contributed by atoms with Gasteiger partial charge in [0, 0.05) is 49.3 Å². The van der Waals surface area contributed by atoms with Gasteiger partial charge in [-0.1, -0.05) is 0 Å². The van der Waals surface area contributed by atoms with Crippen LogP contribution in [0.2, 0.25) is 0 Å². The van der Waals surface area contributed by atoms with Crippen molar-refractivity contribution >= 4 is 11.6 Å². The molecule has 0 spiro atoms. The maximum absolute atomic E-state index is 13.5. The number of carbonyl (C=O) groups is 1. The lowest BCUT2D eigenvalue weighted by Crippen LogP contribution is -2.49. The third-order valence-electron chi connectivity index (χ3n) is 7.17. The molecule has 2 saturated heterocycles. The van der Waals surface area contributed by atoms with Crippen molar-refractivity contribution in [1.29, 1.82) is 5.26 Å². The van der Waals surface area contributed by atoms with Gasteiger partial charge in [0.1, 0.15) is 11.5 Å². The second-order valence-corrected chi connectivity index (χ2v) is 9.00. The molecular formula is C25H26F3N3O4. The minimum atomic E-state index is -4.64. The molecule has 0 saturated carbocycles. The van der Waals surface area contributed by atoms with Gasteiger partial charge >= 0.3 is 6.18 Å². The highest BCUT2D eigenvalue weighted by Crippen LogP contribution is 2.45. The zero-order chi connectivity index (χ0) is 25.4. The van der Waals surface area contributed by atoms with Gasteiger partial charge in [-0.05, 0) is 36.8 Å². The summed E-state index contributed by atoms with van der Waals surface area (Å²) in [7, 11) is 2.99. The molecule has 1 N–H and O–H groups in total. The number of hydrogen-bond donors (Lipinski definition) is 1. The van der Waals surface area contributed by atoms with Crippen molar-refractivity contribution in [2.45, 2.75) is 12.6 Å². The molecular weight excluding hydrogens is 463 g/mol. The topological polar surface area (TPSA) is 86.0 Å². The summed E-state index contributed by atoms with van der Waals surface area (Å²) in [5.41, 5.74) is -1.19. The Kier molecular flexibility index (Phi) is 6.56. The maximum atomic E-state index is 13.5. The Morgan fingerprint density at radius 1 is 1.20 bits per heavy atom. The summed E-state index contributed by atoms with van der Waals surface area (Å²) < 4.78 is 50.9. The number of anilines is 1. The van der Waals surface area contributed by atoms with Gasteiger partial charge in [-0.3, -0.25) is 4.79 Å². The molecule has 0 aromatic heterocycles. The molecule has 2 aromatic rings. The number of amides is 1. The van der Waals surface area contributed by atoms with Gasteiger partial charge < -0.3 is 24.4 Å². The third-order valence-corrected chi connectivity index (χ3v) is 7.17. The van der Waals surface area contributed by atoms with Crippen LogP contribution in [0.1, 0.15) is 27.9 Å². The summed E-state index contributed by atoms with van der Waals surface area (Å²) in [4.78, 5) is 16.9. The molecule has 2 aliphatic heterocycles. The number of halogens is 3. The molecule has 186 valence electrons. The number of carbonyl (C=O) groups excluding carboxylic acids is 1. The van der Waals surface area contributed by atoms with Crippen LogP contribution in [0, 0.1) is 22.7 Å². The van der Waals surface area contributed by atoms with E-state index in [4.69, 9.17) is 14.7 Å². The molecule has 4 rings (SSSR count). The quantitative estimate of drug-likeness (QED) is 0.692. The van der Waals surface area contributed by atoms with Crippen LogP contribution in [-0.2, 0) is 6.18 Å². The van der Waals surface area contributed by atoms with Gasteiger partial charge in [0.25, 0.3) is 5.91 Å². The maximum Gasteiger partial charge on any atom is 0.417 e. The number of likely N-dealkylation sites (tertiary alicyclic amines) is 1. The zero-order valence-corrected chi connectivity index (χ0v) is 19.4. The smallest absolute Gasteiger partial charge is 0.417 e. The van der Waals surface area contributed by atoms with Crippen molar-refractivity contribution in [3.8, 4) is 17.6 Å². The molecule has 0 unspecified atom stereocenters. The number of benzene rings is 2. The number of aliphatic hydroxyl groups is 1. The number of fused-ring (bicyclic) bond motifs is 1. The first-order chi connectivity index (χ1) is 16.7. The Balaban J connectivity index is 1.57. The van der Waals surface area contributed by atoms with E-state index in [1.165, 1.54) is 26.4 Å². The average Bonchev–Trinajstić information content (AvgIpc) is 3.26. The van der Waals surface area contributed by atoms with Crippen LogP contribution in [0.5, 0.6) is 11.5 Å². The van der Waals surface area contributed by atoms with Crippen molar-refractivity contribution in [1.82, 2.24) is 4.90 Å². The van der Waals surface area contributed by atoms with E-state index in [-0.39, 0.29) is 18.4 Å². The number of nitriles is 1. The number of hydrogen-bond acceptors (Lipinski definition) is 6. The average molecular weight is 489 g/mol. The molecule has 2 heterocycles. The van der Waals surface area contributed by atoms with Crippen molar-refractivity contribution in [2.75, 3.05) is 51.9 Å². The lowest BCUT2D eigenvalue weighted by molar-refractivity contribution is -0.137. The molecule has 0 radical (unpaired) electrons. The van der Waals surface area contributed by atoms with Crippen LogP contribution in [0.4, 0.5) is 18.9 Å². The predicted molar refractivity (Wildman–Crippen MR) is 121 cm³/mol. The fourth-order valence-corrected chi connectivity index (χ4v) is 5.14. The Labute approximate surface area is 201 Å². The fourth-order valence-electron chi connectivity index (χ4n) is 5.14. The molecule has 7 nitrogen and oxygen atoms in total. The van der Waals surface area contributed by atoms with Gasteiger partial charge in [-0.15, -0.1) is 0 Å². The van der Waals surface area contributed by atoms with E-state index in [0.717, 1.165) is 6.07 Å². The molecule has 0 bridgehead atoms. The van der Waals surface area contributed by atoms with Gasteiger partial charge in [0.15, 0.2) is 0 Å². The van der Waals surface area contributed by atoms with E-state index < -0.39 is 22.7 Å². The highest BCUT2D eigenvalue weighted by molar-refractivity contribution is 5.97. The van der Waals surface area contributed by atoms with Crippen molar-refractivity contribution < 1.29 is 32.5 Å². The van der Waals surface area contributed by atoms with Crippen molar-refractivity contribution in [2.24, 2.45) is 11.3 Å². The number of piperidine rings is 1. The lowest BCUT2D eigenvalue weighted by atomic mass is 9.73. The SMILES string of the molecule is COc1ccc(C(=O)N2C[C@H]3CN(c4ccc(C#N)c(C(F)(F)F)c4)CC[C@@]3(CO)C2)c(OC)c1. The summed E-state index contributed by atoms with van der Waals surface area (Å²) in [6.45, 7) is 1.38. The first-order valence-electron chi connectivity index (χ1n) is 11.1. The van der Waals surface area contributed by atoms with Gasteiger partial charge in [0.2, 0.25) is 0 Å². The van der Waals surface area contributed by atoms with E-state index >= 15 is 0 Å². The molecule has 2 atom stereocenters. The minimum Gasteiger partial charge on any atom is -0.497 e. The number of nitrogens with zero attached hydrogens (tertiary/aromatic N) is 3. The van der Waals surface area contributed by atoms with Crippen LogP contribution in [0.3, 0.4) is 0 Å². The minimum absolute atomic E-state index is 0.129. The molecule has 2 aromatic carbocycles. The third kappa shape index (κ3) is 4.48. The standard InChI is InChI=1S/C25H26F3N3O4/c1-34-19-5-6-20(22(10-19)35-2)23(33)31-13-17-12-30(8-7-24(17,14-31)15-32)18-4-3-16(11-29)21(9-18)25(26,27)28/h3-6,9-10,17,32H,7-8,12-15H2,1-2H3/t17-,24+/m1/s1. The molecule has 0 aliphatic carbocycles. The molecule has 1 amide bonds. The van der Waals surface area contributed by atoms with Gasteiger partial charge in [-0.25, -0.2) is 0 Å². The highest BCUT2D eigenvalue weighted by Gasteiger charge is 2.50. The largest absolute Gasteiger partial charge is 0.497 e. The zero-order valence-electron chi connectivity index (χ0n) is 19.4. The molecule has 2 aliphatic rings. The number of ether oxygens (including phenoxy) is 2. The van der Waals surface area contributed by atoms with Crippen LogP contribution in [0.25, 0.3) is 0 Å². The van der Waals surface area contributed by atoms with E-state index in [1.54, 1.807) is 29.2 Å². The summed E-state index contributed by atoms with van der Waals surface area (Å²) in [5, 5.41) is 19.4. The van der Waals surface area contributed by atoms with E-state index in [9.17, 15) is 23.1 Å². The van der Waals surface area contributed by atoms with E-state index in [0.29, 0.717) is 55.3 Å². The Morgan fingerprint density at radius 2 is 1.97 bits per heavy atom. The number of alkyl halides is 3. The van der Waals surface area contributed by atoms with Gasteiger partial charge in [-0.2, -0.15) is 18.4 Å². The second kappa shape index (κ2) is 9.30. The van der Waals surface area contributed by atoms with E-state index in [1.807, 2.05) is 4.90 Å². The number of aliphatic hydroxyl groups excluding tert-OH is 1. The summed E-state index contributed by atoms with van der Waals surface area (Å²) in [5.74, 6) is 0.549. The second-order valence-electron chi connectivity index (χ2n) is 9.00. The fraction of sp³-hybridized carbons (Fsp3) is 0.440. The lowest BCUT2D eigenvalue weighted by Gasteiger charge is -2.43. The van der Waals surface area contributed by atoms with Gasteiger partial charge in [0.05, 0.1) is 43.6 Å². The Hall–Kier alpha value is -3.45. The van der Waals surface area contributed by atoms with Crippen LogP contribution < -0.4 is 14.4 Å². The van der Waals surface area contributed by atoms with E-state index in [2.05, 4.69) is 0 Å². The first kappa shape index (κ1) is 24.7. The first-order valence-corrected chi connectivity index (χ1v) is 11.1. The summed E-state index contributed by atoms with van der Waals surface area (Å²) in [6, 6.07) is 10.2. The predicted octanol–water partition coefficient (Wildman–Crippen LogP) is 3.56. The van der Waals surface area contributed by atoms with Crippen molar-refractivity contribution in [3.05, 3.63) is 53.1 Å². The molecule has 2 fully saturated rings. The summed E-state index contributed by atoms with van der Waals surface area (Å²) >= 11 is 0. The van der Waals surface area contributed by atoms with Crippen LogP contribution in [0.15, 0.2) is 36.4 Å².